The summed E-state index contributed by atoms with van der Waals surface area (Å²) >= 11 is 0. The second-order valence-electron chi connectivity index (χ2n) is 13.4. The highest BCUT2D eigenvalue weighted by molar-refractivity contribution is 7.87. The summed E-state index contributed by atoms with van der Waals surface area (Å²) in [5, 5.41) is 72.5. The highest BCUT2D eigenvalue weighted by atomic mass is 32.2. The van der Waals surface area contributed by atoms with E-state index in [1.54, 1.807) is 0 Å². The van der Waals surface area contributed by atoms with Crippen LogP contribution in [0, 0.1) is 6.92 Å². The molecule has 5 rings (SSSR count). The first kappa shape index (κ1) is 51.9. The molecule has 0 saturated heterocycles. The minimum absolute atomic E-state index is 0.239. The lowest BCUT2D eigenvalue weighted by atomic mass is 10.1. The van der Waals surface area contributed by atoms with Gasteiger partial charge < -0.3 is 40.7 Å². The number of ether oxygens (including phenoxy) is 2. The van der Waals surface area contributed by atoms with Crippen LogP contribution in [-0.2, 0) is 47.0 Å². The maximum absolute atomic E-state index is 12.7. The third-order valence-electron chi connectivity index (χ3n) is 9.01. The fourth-order valence-electron chi connectivity index (χ4n) is 6.05. The number of rotatable bonds is 18. The van der Waals surface area contributed by atoms with E-state index in [9.17, 15) is 87.0 Å². The number of phenolic OH excluding ortho intramolecular Hbond substituents is 2. The van der Waals surface area contributed by atoms with Gasteiger partial charge in [0.1, 0.15) is 84.8 Å². The maximum atomic E-state index is 12.7. The van der Waals surface area contributed by atoms with Crippen LogP contribution in [0.1, 0.15) is 22.8 Å². The Kier molecular flexibility index (Phi) is 15.0. The van der Waals surface area contributed by atoms with E-state index in [1.807, 2.05) is 0 Å². The number of primary amides is 1. The summed E-state index contributed by atoms with van der Waals surface area (Å²) < 4.78 is 150. The number of fused-ring (bicyclic) bond motifs is 1. The van der Waals surface area contributed by atoms with Crippen molar-refractivity contribution in [1.29, 1.82) is 0 Å². The summed E-state index contributed by atoms with van der Waals surface area (Å²) in [6, 6.07) is 4.23. The molecule has 0 fully saturated rings. The maximum Gasteiger partial charge on any atom is 0.296 e. The van der Waals surface area contributed by atoms with Crippen molar-refractivity contribution in [3.05, 3.63) is 63.9 Å². The Bertz CT molecular complexity index is 3520. The van der Waals surface area contributed by atoms with Gasteiger partial charge in [0.05, 0.1) is 23.5 Å². The quantitative estimate of drug-likeness (QED) is 0.0443. The standard InChI is InChI=1S/C35H34N8O21S4/c1-3-43-34(49)28(33(36)48)15(2)30(35(43)50)41-40-21-14-25(66(54,55)56)20(13-26(21)67(57,58)59)39-37-18-11-24(64-7-5-45)19(12-23(18)63-6-4-44)38-42-31-27(68(60,61)62)9-16-8-17(65(51,52)53)10-22(46)29(16)32(31)47/h8-14,44-47,50H,3-7H2,1-2H3,(H2,36,48)(H,51,52,53)(H,54,55,56)(H,57,58,59)(H,60,61,62)/b39-37+,41-40+,42-38+. The molecule has 0 radical (unpaired) electrons. The molecule has 0 spiro atoms. The molecule has 364 valence electrons. The molecule has 0 bridgehead atoms. The molecular formula is C35H34N8O21S4. The summed E-state index contributed by atoms with van der Waals surface area (Å²) in [7, 11) is -21.3. The molecule has 68 heavy (non-hydrogen) atoms. The van der Waals surface area contributed by atoms with Gasteiger partial charge in [-0.15, -0.1) is 30.7 Å². The number of phenols is 2. The Hall–Kier alpha value is -7.08. The Morgan fingerprint density at radius 2 is 1.09 bits per heavy atom. The summed E-state index contributed by atoms with van der Waals surface area (Å²) in [6.45, 7) is -0.139. The molecule has 1 heterocycles. The van der Waals surface area contributed by atoms with Crippen LogP contribution < -0.4 is 20.8 Å². The lowest BCUT2D eigenvalue weighted by molar-refractivity contribution is 0.0997. The molecule has 0 atom stereocenters. The van der Waals surface area contributed by atoms with Gasteiger partial charge in [0, 0.05) is 30.3 Å². The Morgan fingerprint density at radius 3 is 1.53 bits per heavy atom. The molecule has 0 aliphatic carbocycles. The topological polar surface area (TPSA) is 476 Å². The highest BCUT2D eigenvalue weighted by Crippen LogP contribution is 2.48. The molecule has 0 saturated carbocycles. The van der Waals surface area contributed by atoms with Gasteiger partial charge >= 0.3 is 0 Å². The number of hydrogen-bond acceptors (Lipinski definition) is 23. The first-order valence-electron chi connectivity index (χ1n) is 18.3. The van der Waals surface area contributed by atoms with Crippen molar-refractivity contribution in [2.75, 3.05) is 26.4 Å². The van der Waals surface area contributed by atoms with Gasteiger partial charge in [-0.2, -0.15) is 33.7 Å². The molecule has 29 nitrogen and oxygen atoms in total. The fraction of sp³-hybridized carbons (Fsp3) is 0.200. The number of aromatic hydroxyl groups is 3. The smallest absolute Gasteiger partial charge is 0.296 e. The highest BCUT2D eigenvalue weighted by Gasteiger charge is 2.28. The average molecular weight is 1030 g/mol. The lowest BCUT2D eigenvalue weighted by Crippen LogP contribution is -2.30. The van der Waals surface area contributed by atoms with Crippen LogP contribution in [-0.4, -0.2) is 114 Å². The Morgan fingerprint density at radius 1 is 0.632 bits per heavy atom. The van der Waals surface area contributed by atoms with E-state index >= 15 is 0 Å². The van der Waals surface area contributed by atoms with E-state index < -0.39 is 177 Å². The summed E-state index contributed by atoms with van der Waals surface area (Å²) in [4.78, 5) is 20.2. The molecule has 0 aliphatic heterocycles. The van der Waals surface area contributed by atoms with Crippen LogP contribution in [0.3, 0.4) is 0 Å². The largest absolute Gasteiger partial charge is 0.507 e. The number of aliphatic hydroxyl groups is 2. The molecule has 0 aliphatic rings. The molecule has 1 amide bonds. The average Bonchev–Trinajstić information content (AvgIpc) is 3.22. The number of nitrogens with zero attached hydrogens (tertiary/aromatic N) is 7. The molecule has 11 N–H and O–H groups in total. The van der Waals surface area contributed by atoms with Crippen molar-refractivity contribution < 1.29 is 91.7 Å². The van der Waals surface area contributed by atoms with Crippen molar-refractivity contribution >= 4 is 91.3 Å². The van der Waals surface area contributed by atoms with E-state index in [-0.39, 0.29) is 12.1 Å². The van der Waals surface area contributed by atoms with Gasteiger partial charge in [-0.3, -0.25) is 32.4 Å². The normalized spacial score (nSPS) is 12.8. The summed E-state index contributed by atoms with van der Waals surface area (Å²) in [5.41, 5.74) is -1.42. The predicted molar refractivity (Wildman–Crippen MR) is 228 cm³/mol. The SMILES string of the molecule is CCn1c(O)c(/N=N/c2cc(S(=O)(=O)O)c(/N=N/c3cc(OCCO)c(/N=N/c4c(S(=O)(=O)O)cc5cc(S(=O)(=O)O)cc(O)c5c4O)cc3OCCO)cc2S(=O)(=O)O)c(C)c(C(N)=O)c1=O. The minimum Gasteiger partial charge on any atom is -0.507 e. The predicted octanol–water partition coefficient (Wildman–Crippen LogP) is 3.52. The zero-order valence-electron chi connectivity index (χ0n) is 34.3. The fourth-order valence-corrected chi connectivity index (χ4v) is 8.49. The van der Waals surface area contributed by atoms with Crippen molar-refractivity contribution in [3.8, 4) is 28.9 Å². The van der Waals surface area contributed by atoms with Gasteiger partial charge in [-0.25, -0.2) is 0 Å². The van der Waals surface area contributed by atoms with Crippen LogP contribution >= 0.6 is 0 Å². The number of nitrogens with two attached hydrogens (primary N) is 1. The van der Waals surface area contributed by atoms with Crippen LogP contribution in [0.25, 0.3) is 10.8 Å². The number of amides is 1. The van der Waals surface area contributed by atoms with E-state index in [2.05, 4.69) is 30.7 Å². The van der Waals surface area contributed by atoms with Gasteiger partial charge in [-0.05, 0) is 43.5 Å². The lowest BCUT2D eigenvalue weighted by Gasteiger charge is -2.14. The number of benzene rings is 4. The first-order chi connectivity index (χ1) is 31.5. The molecule has 4 aromatic carbocycles. The minimum atomic E-state index is -5.45. The van der Waals surface area contributed by atoms with Crippen LogP contribution in [0.15, 0.2) is 97.5 Å². The summed E-state index contributed by atoms with van der Waals surface area (Å²) in [5.74, 6) is -5.27. The van der Waals surface area contributed by atoms with E-state index in [0.29, 0.717) is 34.9 Å². The summed E-state index contributed by atoms with van der Waals surface area (Å²) in [6.07, 6.45) is 0. The zero-order chi connectivity index (χ0) is 50.8. The monoisotopic (exact) mass is 1030 g/mol. The number of carbonyl (C=O) groups is 1. The van der Waals surface area contributed by atoms with Gasteiger partial charge in [0.2, 0.25) is 5.88 Å². The third-order valence-corrected chi connectivity index (χ3v) is 12.5. The number of pyridine rings is 1. The van der Waals surface area contributed by atoms with Gasteiger partial charge in [0.15, 0.2) is 5.75 Å². The third kappa shape index (κ3) is 11.0. The van der Waals surface area contributed by atoms with Crippen LogP contribution in [0.5, 0.6) is 28.9 Å². The molecule has 5 aromatic rings. The van der Waals surface area contributed by atoms with E-state index in [0.717, 1.165) is 19.1 Å². The number of azo groups is 3. The number of aromatic nitrogens is 1. The number of hydrogen-bond donors (Lipinski definition) is 10. The van der Waals surface area contributed by atoms with Crippen LogP contribution in [0.4, 0.5) is 34.1 Å². The van der Waals surface area contributed by atoms with E-state index in [4.69, 9.17) is 15.2 Å². The molecule has 0 unspecified atom stereocenters. The number of aliphatic hydroxyl groups excluding tert-OH is 2. The second-order valence-corrected chi connectivity index (χ2v) is 19.0. The molecular weight excluding hydrogens is 997 g/mol. The van der Waals surface area contributed by atoms with Crippen LogP contribution in [0.2, 0.25) is 0 Å². The van der Waals surface area contributed by atoms with Gasteiger partial charge in [0.25, 0.3) is 51.9 Å². The second kappa shape index (κ2) is 19.6. The molecule has 33 heteroatoms. The number of carbonyl (C=O) groups excluding carboxylic acids is 1. The van der Waals surface area contributed by atoms with E-state index in [1.165, 1.54) is 6.92 Å². The first-order valence-corrected chi connectivity index (χ1v) is 24.1. The van der Waals surface area contributed by atoms with Gasteiger partial charge in [-0.1, -0.05) is 0 Å². The Balaban J connectivity index is 1.72. The molecule has 1 aromatic heterocycles. The van der Waals surface area contributed by atoms with Crippen molar-refractivity contribution in [1.82, 2.24) is 4.57 Å². The van der Waals surface area contributed by atoms with Crippen molar-refractivity contribution in [3.63, 3.8) is 0 Å². The van der Waals surface area contributed by atoms with Crippen molar-refractivity contribution in [2.24, 2.45) is 36.4 Å². The Labute approximate surface area is 381 Å². The zero-order valence-corrected chi connectivity index (χ0v) is 37.6. The van der Waals surface area contributed by atoms with Crippen molar-refractivity contribution in [2.45, 2.75) is 40.0 Å².